The summed E-state index contributed by atoms with van der Waals surface area (Å²) < 4.78 is 98.8. The van der Waals surface area contributed by atoms with Crippen LogP contribution >= 0.6 is 0 Å². The predicted octanol–water partition coefficient (Wildman–Crippen LogP) is 7.70. The van der Waals surface area contributed by atoms with Crippen molar-refractivity contribution >= 4 is 17.6 Å². The molecular weight excluding hydrogens is 557 g/mol. The summed E-state index contributed by atoms with van der Waals surface area (Å²) in [6.45, 7) is 5.23. The molecule has 2 amide bonds. The molecule has 12 heteroatoms. The molecular formula is C29H31F7N2O3. The molecule has 41 heavy (non-hydrogen) atoms. The van der Waals surface area contributed by atoms with Gasteiger partial charge in [-0.05, 0) is 86.2 Å². The Kier molecular flexibility index (Phi) is 9.44. The first kappa shape index (κ1) is 32.0. The van der Waals surface area contributed by atoms with E-state index in [0.717, 1.165) is 4.90 Å². The lowest BCUT2D eigenvalue weighted by Crippen LogP contribution is -2.41. The summed E-state index contributed by atoms with van der Waals surface area (Å²) >= 11 is 0. The van der Waals surface area contributed by atoms with Gasteiger partial charge in [0.2, 0.25) is 5.91 Å². The van der Waals surface area contributed by atoms with E-state index in [4.69, 9.17) is 4.74 Å². The molecule has 0 aliphatic carbocycles. The first-order chi connectivity index (χ1) is 18.8. The second-order valence-electron chi connectivity index (χ2n) is 10.9. The van der Waals surface area contributed by atoms with E-state index in [1.54, 1.807) is 20.8 Å². The number of benzene rings is 2. The lowest BCUT2D eigenvalue weighted by atomic mass is 9.91. The fourth-order valence-corrected chi connectivity index (χ4v) is 4.44. The van der Waals surface area contributed by atoms with E-state index in [1.807, 2.05) is 0 Å². The van der Waals surface area contributed by atoms with Crippen LogP contribution in [0.3, 0.4) is 0 Å². The van der Waals surface area contributed by atoms with E-state index < -0.39 is 53.4 Å². The van der Waals surface area contributed by atoms with Gasteiger partial charge in [0.15, 0.2) is 0 Å². The smallest absolute Gasteiger partial charge is 0.416 e. The summed E-state index contributed by atoms with van der Waals surface area (Å²) in [7, 11) is 1.27. The van der Waals surface area contributed by atoms with Crippen molar-refractivity contribution < 1.29 is 45.1 Å². The molecule has 2 aromatic carbocycles. The maximum Gasteiger partial charge on any atom is 0.416 e. The predicted molar refractivity (Wildman–Crippen MR) is 138 cm³/mol. The molecule has 1 fully saturated rings. The van der Waals surface area contributed by atoms with Crippen molar-refractivity contribution in [3.8, 4) is 0 Å². The molecule has 0 atom stereocenters. The lowest BCUT2D eigenvalue weighted by molar-refractivity contribution is -0.143. The van der Waals surface area contributed by atoms with Crippen molar-refractivity contribution in [1.82, 2.24) is 9.80 Å². The molecule has 0 N–H and O–H groups in total. The van der Waals surface area contributed by atoms with Crippen molar-refractivity contribution in [2.45, 2.75) is 64.5 Å². The Morgan fingerprint density at radius 3 is 2.00 bits per heavy atom. The number of rotatable bonds is 5. The number of hydrogen-bond acceptors (Lipinski definition) is 3. The maximum atomic E-state index is 13.7. The number of amides is 2. The number of likely N-dealkylation sites (tertiary alicyclic amines) is 1. The Bertz CT molecular complexity index is 1260. The van der Waals surface area contributed by atoms with Gasteiger partial charge in [-0.1, -0.05) is 12.1 Å². The summed E-state index contributed by atoms with van der Waals surface area (Å²) in [4.78, 5) is 28.5. The van der Waals surface area contributed by atoms with Gasteiger partial charge in [0.25, 0.3) is 0 Å². The van der Waals surface area contributed by atoms with E-state index in [2.05, 4.69) is 0 Å². The molecule has 0 unspecified atom stereocenters. The molecule has 1 aliphatic rings. The first-order valence-corrected chi connectivity index (χ1v) is 12.8. The van der Waals surface area contributed by atoms with E-state index in [1.165, 1.54) is 36.2 Å². The highest BCUT2D eigenvalue weighted by molar-refractivity contribution is 5.90. The SMILES string of the molecule is CN(Cc1cc(C(F)(F)F)cc(C(F)(F)F)c1)C(=O)CC(=C1CCCN(C(=O)OC(C)(C)C)C1)c1ccc(F)cc1. The van der Waals surface area contributed by atoms with Crippen LogP contribution in [-0.2, 0) is 28.4 Å². The Hall–Kier alpha value is -3.57. The highest BCUT2D eigenvalue weighted by Crippen LogP contribution is 2.37. The zero-order chi connectivity index (χ0) is 30.8. The van der Waals surface area contributed by atoms with Crippen LogP contribution in [0.2, 0.25) is 0 Å². The summed E-state index contributed by atoms with van der Waals surface area (Å²) in [6.07, 6.45) is -9.76. The van der Waals surface area contributed by atoms with Gasteiger partial charge in [0.1, 0.15) is 11.4 Å². The van der Waals surface area contributed by atoms with Crippen molar-refractivity contribution in [2.24, 2.45) is 0 Å². The van der Waals surface area contributed by atoms with Gasteiger partial charge in [-0.2, -0.15) is 26.3 Å². The summed E-state index contributed by atoms with van der Waals surface area (Å²) in [5.41, 5.74) is -2.29. The average Bonchev–Trinajstić information content (AvgIpc) is 2.85. The third kappa shape index (κ3) is 8.96. The number of nitrogens with zero attached hydrogens (tertiary/aromatic N) is 2. The van der Waals surface area contributed by atoms with E-state index in [0.29, 0.717) is 48.2 Å². The molecule has 0 aromatic heterocycles. The zero-order valence-electron chi connectivity index (χ0n) is 23.0. The normalized spacial score (nSPS) is 15.9. The van der Waals surface area contributed by atoms with Gasteiger partial charge in [0.05, 0.1) is 17.5 Å². The molecule has 1 aliphatic heterocycles. The summed E-state index contributed by atoms with van der Waals surface area (Å²) in [5, 5.41) is 0. The third-order valence-corrected chi connectivity index (χ3v) is 6.38. The minimum absolute atomic E-state index is 0.0296. The van der Waals surface area contributed by atoms with E-state index in [9.17, 15) is 40.3 Å². The molecule has 0 spiro atoms. The van der Waals surface area contributed by atoms with Crippen LogP contribution in [0, 0.1) is 5.82 Å². The van der Waals surface area contributed by atoms with Gasteiger partial charge in [0, 0.05) is 26.7 Å². The average molecular weight is 589 g/mol. The lowest BCUT2D eigenvalue weighted by Gasteiger charge is -2.32. The van der Waals surface area contributed by atoms with Crippen molar-refractivity contribution in [1.29, 1.82) is 0 Å². The highest BCUT2D eigenvalue weighted by Gasteiger charge is 2.37. The largest absolute Gasteiger partial charge is 0.444 e. The Morgan fingerprint density at radius 2 is 1.49 bits per heavy atom. The fraction of sp³-hybridized carbons (Fsp3) is 0.448. The van der Waals surface area contributed by atoms with Crippen LogP contribution < -0.4 is 0 Å². The maximum absolute atomic E-state index is 13.7. The van der Waals surface area contributed by atoms with Crippen LogP contribution in [-0.4, -0.2) is 47.5 Å². The molecule has 0 bridgehead atoms. The monoisotopic (exact) mass is 588 g/mol. The number of carbonyl (C=O) groups excluding carboxylic acids is 2. The Morgan fingerprint density at radius 1 is 0.927 bits per heavy atom. The zero-order valence-corrected chi connectivity index (χ0v) is 23.0. The minimum atomic E-state index is -5.01. The van der Waals surface area contributed by atoms with Crippen LogP contribution in [0.4, 0.5) is 35.5 Å². The second kappa shape index (κ2) is 12.1. The number of piperidine rings is 1. The van der Waals surface area contributed by atoms with Gasteiger partial charge < -0.3 is 14.5 Å². The van der Waals surface area contributed by atoms with Crippen LogP contribution in [0.5, 0.6) is 0 Å². The van der Waals surface area contributed by atoms with Crippen molar-refractivity contribution in [2.75, 3.05) is 20.1 Å². The van der Waals surface area contributed by atoms with Crippen LogP contribution in [0.1, 0.15) is 62.3 Å². The van der Waals surface area contributed by atoms with Crippen molar-refractivity contribution in [3.63, 3.8) is 0 Å². The molecule has 5 nitrogen and oxygen atoms in total. The van der Waals surface area contributed by atoms with Crippen molar-refractivity contribution in [3.05, 3.63) is 76.1 Å². The fourth-order valence-electron chi connectivity index (χ4n) is 4.44. The van der Waals surface area contributed by atoms with E-state index >= 15 is 0 Å². The van der Waals surface area contributed by atoms with Crippen LogP contribution in [0.25, 0.3) is 5.57 Å². The molecule has 224 valence electrons. The van der Waals surface area contributed by atoms with Crippen LogP contribution in [0.15, 0.2) is 48.0 Å². The number of alkyl halides is 6. The third-order valence-electron chi connectivity index (χ3n) is 6.38. The summed E-state index contributed by atoms with van der Waals surface area (Å²) in [6, 6.07) is 6.55. The van der Waals surface area contributed by atoms with Gasteiger partial charge in [-0.3, -0.25) is 4.79 Å². The number of ether oxygens (including phenoxy) is 1. The van der Waals surface area contributed by atoms with Gasteiger partial charge >= 0.3 is 18.4 Å². The first-order valence-electron chi connectivity index (χ1n) is 12.8. The number of carbonyl (C=O) groups is 2. The van der Waals surface area contributed by atoms with E-state index in [-0.39, 0.29) is 24.6 Å². The molecule has 1 saturated heterocycles. The van der Waals surface area contributed by atoms with Gasteiger partial charge in [-0.25, -0.2) is 9.18 Å². The molecule has 0 radical (unpaired) electrons. The topological polar surface area (TPSA) is 49.9 Å². The quantitative estimate of drug-likeness (QED) is 0.337. The van der Waals surface area contributed by atoms with Gasteiger partial charge in [-0.15, -0.1) is 0 Å². The summed E-state index contributed by atoms with van der Waals surface area (Å²) in [5.74, 6) is -1.09. The Balaban J connectivity index is 1.91. The molecule has 0 saturated carbocycles. The molecule has 1 heterocycles. The number of hydrogen-bond donors (Lipinski definition) is 0. The standard InChI is InChI=1S/C29H31F7N2O3/c1-27(2,3)41-26(40)38-11-5-6-20(17-38)24(19-7-9-23(30)10-8-19)15-25(39)37(4)16-18-12-21(28(31,32)33)14-22(13-18)29(34,35)36/h7-10,12-14H,5-6,11,15-17H2,1-4H3. The second-order valence-corrected chi connectivity index (χ2v) is 10.9. The highest BCUT2D eigenvalue weighted by atomic mass is 19.4. The Labute approximate surface area is 233 Å². The number of halogens is 7. The molecule has 2 aromatic rings. The minimum Gasteiger partial charge on any atom is -0.444 e. The molecule has 3 rings (SSSR count).